The van der Waals surface area contributed by atoms with Gasteiger partial charge in [-0.2, -0.15) is 0 Å². The van der Waals surface area contributed by atoms with E-state index in [0.29, 0.717) is 0 Å². The van der Waals surface area contributed by atoms with E-state index in [1.807, 2.05) is 32.0 Å². The van der Waals surface area contributed by atoms with Crippen molar-refractivity contribution in [2.75, 3.05) is 5.32 Å². The zero-order valence-electron chi connectivity index (χ0n) is 7.52. The van der Waals surface area contributed by atoms with Gasteiger partial charge in [0, 0.05) is 4.47 Å². The van der Waals surface area contributed by atoms with Gasteiger partial charge in [-0.3, -0.25) is 4.79 Å². The third kappa shape index (κ3) is 1.10. The van der Waals surface area contributed by atoms with Gasteiger partial charge in [-0.25, -0.2) is 0 Å². The molecule has 1 aliphatic heterocycles. The summed E-state index contributed by atoms with van der Waals surface area (Å²) in [5, 5.41) is 2.87. The number of nitrogens with one attached hydrogen (secondary N) is 1. The van der Waals surface area contributed by atoms with Crippen molar-refractivity contribution in [3.8, 4) is 0 Å². The number of carbonyl (C=O) groups excluding carboxylic acids is 1. The molecule has 0 saturated heterocycles. The van der Waals surface area contributed by atoms with Crippen LogP contribution in [0.15, 0.2) is 22.7 Å². The number of hydrogen-bond donors (Lipinski definition) is 1. The Balaban J connectivity index is 2.68. The summed E-state index contributed by atoms with van der Waals surface area (Å²) in [6, 6.07) is 5.86. The predicted molar refractivity (Wildman–Crippen MR) is 55.8 cm³/mol. The third-order valence-corrected chi connectivity index (χ3v) is 3.15. The molecule has 0 aromatic heterocycles. The van der Waals surface area contributed by atoms with Crippen LogP contribution in [0.4, 0.5) is 5.69 Å². The summed E-state index contributed by atoms with van der Waals surface area (Å²) in [6.07, 6.45) is 0. The minimum absolute atomic E-state index is 0.0643. The van der Waals surface area contributed by atoms with E-state index in [0.717, 1.165) is 15.7 Å². The molecule has 3 heteroatoms. The fourth-order valence-corrected chi connectivity index (χ4v) is 2.03. The van der Waals surface area contributed by atoms with Crippen molar-refractivity contribution >= 4 is 27.5 Å². The van der Waals surface area contributed by atoms with Crippen LogP contribution in [0.5, 0.6) is 0 Å². The first-order valence-electron chi connectivity index (χ1n) is 4.14. The highest BCUT2D eigenvalue weighted by molar-refractivity contribution is 9.10. The maximum atomic E-state index is 11.6. The lowest BCUT2D eigenvalue weighted by Gasteiger charge is -2.14. The Morgan fingerprint density at radius 2 is 2.08 bits per heavy atom. The van der Waals surface area contributed by atoms with Crippen LogP contribution >= 0.6 is 15.9 Å². The second-order valence-electron chi connectivity index (χ2n) is 3.74. The Morgan fingerprint density at radius 3 is 2.69 bits per heavy atom. The number of fused-ring (bicyclic) bond motifs is 1. The number of anilines is 1. The first-order chi connectivity index (χ1) is 6.03. The number of amides is 1. The number of carbonyl (C=O) groups is 1. The summed E-state index contributed by atoms with van der Waals surface area (Å²) in [6.45, 7) is 3.86. The van der Waals surface area contributed by atoms with Gasteiger partial charge in [-0.15, -0.1) is 0 Å². The van der Waals surface area contributed by atoms with E-state index in [1.165, 1.54) is 0 Å². The van der Waals surface area contributed by atoms with Crippen molar-refractivity contribution in [2.45, 2.75) is 19.3 Å². The number of para-hydroxylation sites is 1. The number of halogens is 1. The lowest BCUT2D eigenvalue weighted by molar-refractivity contribution is -0.119. The molecule has 2 nitrogen and oxygen atoms in total. The molecule has 1 aromatic rings. The van der Waals surface area contributed by atoms with Crippen molar-refractivity contribution in [3.63, 3.8) is 0 Å². The number of rotatable bonds is 0. The minimum Gasteiger partial charge on any atom is -0.324 e. The molecule has 0 spiro atoms. The van der Waals surface area contributed by atoms with Crippen LogP contribution in [0.2, 0.25) is 0 Å². The number of hydrogen-bond acceptors (Lipinski definition) is 1. The minimum atomic E-state index is -0.404. The SMILES string of the molecule is CC1(C)C(=O)Nc2c(Br)cccc21. The Hall–Kier alpha value is -0.830. The smallest absolute Gasteiger partial charge is 0.234 e. The van der Waals surface area contributed by atoms with Crippen LogP contribution in [-0.2, 0) is 10.2 Å². The predicted octanol–water partition coefficient (Wildman–Crippen LogP) is 2.68. The van der Waals surface area contributed by atoms with E-state index in [2.05, 4.69) is 21.2 Å². The van der Waals surface area contributed by atoms with E-state index in [-0.39, 0.29) is 5.91 Å². The fraction of sp³-hybridized carbons (Fsp3) is 0.300. The molecular formula is C10H10BrNO. The van der Waals surface area contributed by atoms with E-state index in [4.69, 9.17) is 0 Å². The molecule has 1 aromatic carbocycles. The van der Waals surface area contributed by atoms with Gasteiger partial charge >= 0.3 is 0 Å². The molecule has 0 unspecified atom stereocenters. The van der Waals surface area contributed by atoms with Crippen LogP contribution in [-0.4, -0.2) is 5.91 Å². The second-order valence-corrected chi connectivity index (χ2v) is 4.60. The zero-order chi connectivity index (χ0) is 9.64. The molecule has 1 N–H and O–H groups in total. The molecule has 13 heavy (non-hydrogen) atoms. The first kappa shape index (κ1) is 8.75. The van der Waals surface area contributed by atoms with Crippen molar-refractivity contribution in [2.24, 2.45) is 0 Å². The van der Waals surface area contributed by atoms with E-state index >= 15 is 0 Å². The molecule has 68 valence electrons. The molecular weight excluding hydrogens is 230 g/mol. The molecule has 0 radical (unpaired) electrons. The van der Waals surface area contributed by atoms with Gasteiger partial charge in [-0.05, 0) is 41.4 Å². The average Bonchev–Trinajstić information content (AvgIpc) is 2.28. The van der Waals surface area contributed by atoms with Crippen molar-refractivity contribution < 1.29 is 4.79 Å². The molecule has 0 bridgehead atoms. The Labute approximate surface area is 85.5 Å². The van der Waals surface area contributed by atoms with Crippen LogP contribution < -0.4 is 5.32 Å². The van der Waals surface area contributed by atoms with Crippen molar-refractivity contribution in [1.82, 2.24) is 0 Å². The number of benzene rings is 1. The molecule has 0 saturated carbocycles. The summed E-state index contributed by atoms with van der Waals surface area (Å²) in [7, 11) is 0. The average molecular weight is 240 g/mol. The van der Waals surface area contributed by atoms with Crippen LogP contribution in [0.3, 0.4) is 0 Å². The van der Waals surface area contributed by atoms with Crippen LogP contribution in [0.1, 0.15) is 19.4 Å². The summed E-state index contributed by atoms with van der Waals surface area (Å²) in [5.74, 6) is 0.0643. The first-order valence-corrected chi connectivity index (χ1v) is 4.93. The fourth-order valence-electron chi connectivity index (χ4n) is 1.56. The maximum absolute atomic E-state index is 11.6. The van der Waals surface area contributed by atoms with Gasteiger partial charge in [0.1, 0.15) is 0 Å². The van der Waals surface area contributed by atoms with E-state index in [9.17, 15) is 4.79 Å². The highest BCUT2D eigenvalue weighted by atomic mass is 79.9. The van der Waals surface area contributed by atoms with Gasteiger partial charge in [0.05, 0.1) is 11.1 Å². The van der Waals surface area contributed by atoms with E-state index < -0.39 is 5.41 Å². The van der Waals surface area contributed by atoms with Crippen molar-refractivity contribution in [3.05, 3.63) is 28.2 Å². The van der Waals surface area contributed by atoms with Gasteiger partial charge in [0.2, 0.25) is 5.91 Å². The summed E-state index contributed by atoms with van der Waals surface area (Å²) in [5.41, 5.74) is 1.57. The van der Waals surface area contributed by atoms with E-state index in [1.54, 1.807) is 0 Å². The zero-order valence-corrected chi connectivity index (χ0v) is 9.10. The highest BCUT2D eigenvalue weighted by Gasteiger charge is 2.38. The monoisotopic (exact) mass is 239 g/mol. The molecule has 1 heterocycles. The lowest BCUT2D eigenvalue weighted by Crippen LogP contribution is -2.26. The molecule has 0 fully saturated rings. The second kappa shape index (κ2) is 2.58. The Bertz CT molecular complexity index is 385. The molecule has 2 rings (SSSR count). The van der Waals surface area contributed by atoms with Gasteiger partial charge in [-0.1, -0.05) is 12.1 Å². The summed E-state index contributed by atoms with van der Waals surface area (Å²) < 4.78 is 0.948. The van der Waals surface area contributed by atoms with Crippen LogP contribution in [0, 0.1) is 0 Å². The van der Waals surface area contributed by atoms with Gasteiger partial charge in [0.25, 0.3) is 0 Å². The molecule has 1 amide bonds. The highest BCUT2D eigenvalue weighted by Crippen LogP contribution is 2.40. The largest absolute Gasteiger partial charge is 0.324 e. The molecule has 1 aliphatic rings. The van der Waals surface area contributed by atoms with Gasteiger partial charge in [0.15, 0.2) is 0 Å². The topological polar surface area (TPSA) is 29.1 Å². The quantitative estimate of drug-likeness (QED) is 0.742. The van der Waals surface area contributed by atoms with Gasteiger partial charge < -0.3 is 5.32 Å². The summed E-state index contributed by atoms with van der Waals surface area (Å²) >= 11 is 3.41. The Kier molecular flexibility index (Phi) is 1.74. The molecule has 0 aliphatic carbocycles. The standard InChI is InChI=1S/C10H10BrNO/c1-10(2)6-4-3-5-7(11)8(6)12-9(10)13/h3-5H,1-2H3,(H,12,13). The third-order valence-electron chi connectivity index (χ3n) is 2.49. The van der Waals surface area contributed by atoms with Crippen LogP contribution in [0.25, 0.3) is 0 Å². The summed E-state index contributed by atoms with van der Waals surface area (Å²) in [4.78, 5) is 11.6. The Morgan fingerprint density at radius 1 is 1.38 bits per heavy atom. The van der Waals surface area contributed by atoms with Crippen molar-refractivity contribution in [1.29, 1.82) is 0 Å². The lowest BCUT2D eigenvalue weighted by atomic mass is 9.86. The normalized spacial score (nSPS) is 18.2. The maximum Gasteiger partial charge on any atom is 0.234 e. The molecule has 0 atom stereocenters.